The zero-order chi connectivity index (χ0) is 13.0. The highest BCUT2D eigenvalue weighted by atomic mass is 19.1. The standard InChI is InChI=1S/C14H21FN2O/c1-16(9-10-17-7-2-3-8-17)11-12-5-4-6-13(15)14(12)18/h4-6,18H,2-3,7-11H2,1H3. The van der Waals surface area contributed by atoms with Gasteiger partial charge in [0.25, 0.3) is 0 Å². The highest BCUT2D eigenvalue weighted by Crippen LogP contribution is 2.21. The Bertz CT molecular complexity index is 391. The summed E-state index contributed by atoms with van der Waals surface area (Å²) in [4.78, 5) is 4.56. The maximum absolute atomic E-state index is 13.2. The highest BCUT2D eigenvalue weighted by Gasteiger charge is 2.13. The first-order valence-corrected chi connectivity index (χ1v) is 6.54. The molecule has 0 radical (unpaired) electrons. The lowest BCUT2D eigenvalue weighted by Crippen LogP contribution is -2.31. The summed E-state index contributed by atoms with van der Waals surface area (Å²) in [6, 6.07) is 4.69. The van der Waals surface area contributed by atoms with Crippen molar-refractivity contribution in [3.63, 3.8) is 0 Å². The molecular weight excluding hydrogens is 231 g/mol. The van der Waals surface area contributed by atoms with Crippen molar-refractivity contribution in [2.75, 3.05) is 33.2 Å². The third-order valence-corrected chi connectivity index (χ3v) is 3.51. The van der Waals surface area contributed by atoms with Gasteiger partial charge in [-0.15, -0.1) is 0 Å². The van der Waals surface area contributed by atoms with Gasteiger partial charge in [0.05, 0.1) is 0 Å². The average Bonchev–Trinajstić information content (AvgIpc) is 2.86. The lowest BCUT2D eigenvalue weighted by atomic mass is 10.2. The molecule has 1 heterocycles. The topological polar surface area (TPSA) is 26.7 Å². The number of phenols is 1. The predicted molar refractivity (Wildman–Crippen MR) is 70.1 cm³/mol. The fraction of sp³-hybridized carbons (Fsp3) is 0.571. The average molecular weight is 252 g/mol. The van der Waals surface area contributed by atoms with E-state index in [1.165, 1.54) is 32.0 Å². The normalized spacial score (nSPS) is 16.6. The summed E-state index contributed by atoms with van der Waals surface area (Å²) in [7, 11) is 2.00. The molecule has 1 N–H and O–H groups in total. The molecule has 1 aromatic carbocycles. The number of hydrogen-bond acceptors (Lipinski definition) is 3. The van der Waals surface area contributed by atoms with Crippen LogP contribution in [0.4, 0.5) is 4.39 Å². The molecule has 2 rings (SSSR count). The van der Waals surface area contributed by atoms with Crippen molar-refractivity contribution in [1.29, 1.82) is 0 Å². The van der Waals surface area contributed by atoms with Crippen LogP contribution in [0.5, 0.6) is 5.75 Å². The second kappa shape index (κ2) is 6.16. The lowest BCUT2D eigenvalue weighted by Gasteiger charge is -2.21. The van der Waals surface area contributed by atoms with Crippen LogP contribution < -0.4 is 0 Å². The Morgan fingerprint density at radius 1 is 1.33 bits per heavy atom. The van der Waals surface area contributed by atoms with Crippen molar-refractivity contribution in [3.05, 3.63) is 29.6 Å². The van der Waals surface area contributed by atoms with Gasteiger partial charge in [-0.05, 0) is 39.0 Å². The van der Waals surface area contributed by atoms with Gasteiger partial charge < -0.3 is 14.9 Å². The summed E-state index contributed by atoms with van der Waals surface area (Å²) in [6.07, 6.45) is 2.60. The van der Waals surface area contributed by atoms with E-state index in [0.717, 1.165) is 13.1 Å². The van der Waals surface area contributed by atoms with Gasteiger partial charge in [0.1, 0.15) is 0 Å². The molecule has 1 aromatic rings. The quantitative estimate of drug-likeness (QED) is 0.869. The molecule has 1 saturated heterocycles. The molecule has 0 amide bonds. The summed E-state index contributed by atoms with van der Waals surface area (Å²) in [5, 5.41) is 9.61. The Balaban J connectivity index is 1.82. The van der Waals surface area contributed by atoms with E-state index >= 15 is 0 Å². The Morgan fingerprint density at radius 2 is 2.06 bits per heavy atom. The molecule has 0 unspecified atom stereocenters. The molecule has 1 aliphatic rings. The molecule has 4 heteroatoms. The first kappa shape index (κ1) is 13.3. The maximum Gasteiger partial charge on any atom is 0.165 e. The number of hydrogen-bond donors (Lipinski definition) is 1. The number of rotatable bonds is 5. The molecule has 100 valence electrons. The number of aromatic hydroxyl groups is 1. The largest absolute Gasteiger partial charge is 0.505 e. The Morgan fingerprint density at radius 3 is 2.78 bits per heavy atom. The number of nitrogens with zero attached hydrogens (tertiary/aromatic N) is 2. The lowest BCUT2D eigenvalue weighted by molar-refractivity contribution is 0.250. The molecule has 1 aliphatic heterocycles. The number of likely N-dealkylation sites (tertiary alicyclic amines) is 1. The number of likely N-dealkylation sites (N-methyl/N-ethyl adjacent to an activating group) is 1. The first-order valence-electron chi connectivity index (χ1n) is 6.54. The smallest absolute Gasteiger partial charge is 0.165 e. The second-order valence-electron chi connectivity index (χ2n) is 5.03. The molecule has 3 nitrogen and oxygen atoms in total. The molecule has 0 aliphatic carbocycles. The van der Waals surface area contributed by atoms with Crippen molar-refractivity contribution in [2.45, 2.75) is 19.4 Å². The molecule has 0 atom stereocenters. The monoisotopic (exact) mass is 252 g/mol. The molecule has 1 fully saturated rings. The SMILES string of the molecule is CN(CCN1CCCC1)Cc1cccc(F)c1O. The minimum Gasteiger partial charge on any atom is -0.505 e. The third kappa shape index (κ3) is 3.43. The minimum absolute atomic E-state index is 0.217. The Hall–Kier alpha value is -1.13. The fourth-order valence-electron chi connectivity index (χ4n) is 2.38. The molecular formula is C14H21FN2O. The maximum atomic E-state index is 13.2. The van der Waals surface area contributed by atoms with E-state index in [1.54, 1.807) is 12.1 Å². The van der Waals surface area contributed by atoms with Gasteiger partial charge in [-0.2, -0.15) is 0 Å². The molecule has 0 saturated carbocycles. The Labute approximate surface area is 108 Å². The predicted octanol–water partition coefficient (Wildman–Crippen LogP) is 2.06. The fourth-order valence-corrected chi connectivity index (χ4v) is 2.38. The van der Waals surface area contributed by atoms with Crippen LogP contribution in [0.1, 0.15) is 18.4 Å². The van der Waals surface area contributed by atoms with Gasteiger partial charge in [-0.25, -0.2) is 4.39 Å². The van der Waals surface area contributed by atoms with E-state index in [1.807, 2.05) is 7.05 Å². The van der Waals surface area contributed by atoms with E-state index in [0.29, 0.717) is 12.1 Å². The zero-order valence-corrected chi connectivity index (χ0v) is 10.9. The van der Waals surface area contributed by atoms with Gasteiger partial charge in [-0.3, -0.25) is 0 Å². The number of phenolic OH excluding ortho intramolecular Hbond substituents is 1. The van der Waals surface area contributed by atoms with Crippen molar-refractivity contribution >= 4 is 0 Å². The van der Waals surface area contributed by atoms with Gasteiger partial charge in [0.15, 0.2) is 11.6 Å². The van der Waals surface area contributed by atoms with E-state index in [-0.39, 0.29) is 5.75 Å². The summed E-state index contributed by atoms with van der Waals surface area (Å²) in [5.41, 5.74) is 0.652. The number of halogens is 1. The van der Waals surface area contributed by atoms with Crippen molar-refractivity contribution in [3.8, 4) is 5.75 Å². The summed E-state index contributed by atoms with van der Waals surface area (Å²) >= 11 is 0. The summed E-state index contributed by atoms with van der Waals surface area (Å²) in [6.45, 7) is 4.96. The van der Waals surface area contributed by atoms with Gasteiger partial charge >= 0.3 is 0 Å². The highest BCUT2D eigenvalue weighted by molar-refractivity contribution is 5.33. The third-order valence-electron chi connectivity index (χ3n) is 3.51. The zero-order valence-electron chi connectivity index (χ0n) is 10.9. The summed E-state index contributed by atoms with van der Waals surface area (Å²) in [5.74, 6) is -0.758. The van der Waals surface area contributed by atoms with Crippen LogP contribution in [-0.2, 0) is 6.54 Å². The van der Waals surface area contributed by atoms with E-state index < -0.39 is 5.82 Å². The van der Waals surface area contributed by atoms with E-state index in [4.69, 9.17) is 0 Å². The van der Waals surface area contributed by atoms with Crippen LogP contribution in [0.3, 0.4) is 0 Å². The van der Waals surface area contributed by atoms with Crippen molar-refractivity contribution in [1.82, 2.24) is 9.80 Å². The number of para-hydroxylation sites is 1. The molecule has 18 heavy (non-hydrogen) atoms. The van der Waals surface area contributed by atoms with E-state index in [2.05, 4.69) is 9.80 Å². The molecule has 0 bridgehead atoms. The van der Waals surface area contributed by atoms with Gasteiger partial charge in [-0.1, -0.05) is 12.1 Å². The summed E-state index contributed by atoms with van der Waals surface area (Å²) < 4.78 is 13.2. The second-order valence-corrected chi connectivity index (χ2v) is 5.03. The van der Waals surface area contributed by atoms with Gasteiger partial charge in [0.2, 0.25) is 0 Å². The molecule has 0 spiro atoms. The van der Waals surface area contributed by atoms with Crippen LogP contribution in [0.25, 0.3) is 0 Å². The van der Waals surface area contributed by atoms with Crippen molar-refractivity contribution < 1.29 is 9.50 Å². The van der Waals surface area contributed by atoms with E-state index in [9.17, 15) is 9.50 Å². The first-order chi connectivity index (χ1) is 8.66. The van der Waals surface area contributed by atoms with Crippen LogP contribution in [0, 0.1) is 5.82 Å². The van der Waals surface area contributed by atoms with Gasteiger partial charge in [0, 0.05) is 25.2 Å². The molecule has 0 aromatic heterocycles. The van der Waals surface area contributed by atoms with Crippen LogP contribution in [-0.4, -0.2) is 48.1 Å². The van der Waals surface area contributed by atoms with Crippen LogP contribution in [0.2, 0.25) is 0 Å². The van der Waals surface area contributed by atoms with Crippen LogP contribution in [0.15, 0.2) is 18.2 Å². The minimum atomic E-state index is -0.541. The Kier molecular flexibility index (Phi) is 4.55. The van der Waals surface area contributed by atoms with Crippen LogP contribution >= 0.6 is 0 Å². The number of benzene rings is 1. The van der Waals surface area contributed by atoms with Crippen molar-refractivity contribution in [2.24, 2.45) is 0 Å².